The number of rotatable bonds is 7. The SMILES string of the molecule is CC(=O)Nc1ccc(NC(=O)Cn2cc(S(=O)(=O)Cc3ccc(Cl)cc3)c3ccccc32)cc1. The number of anilines is 2. The normalized spacial score (nSPS) is 11.4. The van der Waals surface area contributed by atoms with Gasteiger partial charge in [-0.25, -0.2) is 8.42 Å². The minimum atomic E-state index is -3.67. The third-order valence-electron chi connectivity index (χ3n) is 5.16. The van der Waals surface area contributed by atoms with Crippen molar-refractivity contribution in [2.24, 2.45) is 0 Å². The van der Waals surface area contributed by atoms with Gasteiger partial charge < -0.3 is 15.2 Å². The number of fused-ring (bicyclic) bond motifs is 1. The standard InChI is InChI=1S/C25H22ClN3O4S/c1-17(30)27-20-10-12-21(13-11-20)28-25(31)15-29-14-24(22-4-2-3-5-23(22)29)34(32,33)16-18-6-8-19(26)9-7-18/h2-14H,15-16H2,1H3,(H,27,30)(H,28,31). The van der Waals surface area contributed by atoms with Gasteiger partial charge in [0.05, 0.1) is 10.6 Å². The van der Waals surface area contributed by atoms with Gasteiger partial charge in [-0.3, -0.25) is 9.59 Å². The molecule has 7 nitrogen and oxygen atoms in total. The maximum absolute atomic E-state index is 13.2. The van der Waals surface area contributed by atoms with Crippen LogP contribution in [0.1, 0.15) is 12.5 Å². The summed E-state index contributed by atoms with van der Waals surface area (Å²) in [6, 6.07) is 20.5. The minimum Gasteiger partial charge on any atom is -0.337 e. The Labute approximate surface area is 202 Å². The first kappa shape index (κ1) is 23.5. The molecule has 174 valence electrons. The Morgan fingerprint density at radius 1 is 0.882 bits per heavy atom. The van der Waals surface area contributed by atoms with Crippen LogP contribution in [-0.4, -0.2) is 24.8 Å². The number of carbonyl (C=O) groups excluding carboxylic acids is 2. The van der Waals surface area contributed by atoms with E-state index < -0.39 is 9.84 Å². The predicted molar refractivity (Wildman–Crippen MR) is 134 cm³/mol. The summed E-state index contributed by atoms with van der Waals surface area (Å²) in [6.07, 6.45) is 1.51. The Hall–Kier alpha value is -3.62. The summed E-state index contributed by atoms with van der Waals surface area (Å²) in [6.45, 7) is 1.35. The molecule has 4 aromatic rings. The molecule has 0 saturated heterocycles. The van der Waals surface area contributed by atoms with E-state index >= 15 is 0 Å². The highest BCUT2D eigenvalue weighted by Gasteiger charge is 2.22. The van der Waals surface area contributed by atoms with Crippen LogP contribution in [0.25, 0.3) is 10.9 Å². The molecule has 0 saturated carbocycles. The largest absolute Gasteiger partial charge is 0.337 e. The molecular weight excluding hydrogens is 474 g/mol. The van der Waals surface area contributed by atoms with Crippen LogP contribution in [0.5, 0.6) is 0 Å². The van der Waals surface area contributed by atoms with Crippen molar-refractivity contribution in [1.29, 1.82) is 0 Å². The van der Waals surface area contributed by atoms with Gasteiger partial charge >= 0.3 is 0 Å². The molecule has 0 unspecified atom stereocenters. The summed E-state index contributed by atoms with van der Waals surface area (Å²) in [4.78, 5) is 24.0. The number of nitrogens with one attached hydrogen (secondary N) is 2. The molecule has 0 aliphatic carbocycles. The van der Waals surface area contributed by atoms with Crippen LogP contribution in [0, 0.1) is 0 Å². The first-order valence-electron chi connectivity index (χ1n) is 10.4. The van der Waals surface area contributed by atoms with Gasteiger partial charge in [0.1, 0.15) is 6.54 Å². The van der Waals surface area contributed by atoms with Crippen LogP contribution in [0.4, 0.5) is 11.4 Å². The predicted octanol–water partition coefficient (Wildman–Crippen LogP) is 4.87. The number of sulfone groups is 1. The van der Waals surface area contributed by atoms with Gasteiger partial charge in [-0.1, -0.05) is 41.9 Å². The summed E-state index contributed by atoms with van der Waals surface area (Å²) in [5.74, 6) is -0.668. The lowest BCUT2D eigenvalue weighted by Crippen LogP contribution is -2.18. The number of carbonyl (C=O) groups is 2. The maximum atomic E-state index is 13.2. The number of hydrogen-bond acceptors (Lipinski definition) is 4. The molecule has 34 heavy (non-hydrogen) atoms. The van der Waals surface area contributed by atoms with E-state index in [0.717, 1.165) is 0 Å². The van der Waals surface area contributed by atoms with Crippen LogP contribution in [-0.2, 0) is 31.7 Å². The van der Waals surface area contributed by atoms with Crippen molar-refractivity contribution < 1.29 is 18.0 Å². The molecule has 0 atom stereocenters. The summed E-state index contributed by atoms with van der Waals surface area (Å²) >= 11 is 5.91. The van der Waals surface area contributed by atoms with Gasteiger partial charge in [0, 0.05) is 40.4 Å². The van der Waals surface area contributed by atoms with Gasteiger partial charge in [-0.2, -0.15) is 0 Å². The van der Waals surface area contributed by atoms with Gasteiger partial charge in [-0.15, -0.1) is 0 Å². The zero-order valence-electron chi connectivity index (χ0n) is 18.3. The molecule has 0 aliphatic rings. The zero-order valence-corrected chi connectivity index (χ0v) is 19.9. The Kier molecular flexibility index (Phi) is 6.72. The Morgan fingerprint density at radius 2 is 1.50 bits per heavy atom. The molecule has 9 heteroatoms. The lowest BCUT2D eigenvalue weighted by Gasteiger charge is -2.08. The van der Waals surface area contributed by atoms with E-state index in [1.54, 1.807) is 77.4 Å². The molecule has 2 amide bonds. The highest BCUT2D eigenvalue weighted by atomic mass is 35.5. The molecule has 1 aromatic heterocycles. The third-order valence-corrected chi connectivity index (χ3v) is 7.12. The topological polar surface area (TPSA) is 97.3 Å². The van der Waals surface area contributed by atoms with Gasteiger partial charge in [0.15, 0.2) is 9.84 Å². The fourth-order valence-electron chi connectivity index (χ4n) is 3.66. The van der Waals surface area contributed by atoms with E-state index in [2.05, 4.69) is 10.6 Å². The van der Waals surface area contributed by atoms with Crippen LogP contribution in [0.2, 0.25) is 5.02 Å². The molecule has 4 rings (SSSR count). The number of nitrogens with zero attached hydrogens (tertiary/aromatic N) is 1. The van der Waals surface area contributed by atoms with E-state index in [1.165, 1.54) is 13.1 Å². The van der Waals surface area contributed by atoms with Crippen LogP contribution in [0.3, 0.4) is 0 Å². The van der Waals surface area contributed by atoms with Gasteiger partial charge in [0.25, 0.3) is 0 Å². The maximum Gasteiger partial charge on any atom is 0.244 e. The van der Waals surface area contributed by atoms with E-state index in [9.17, 15) is 18.0 Å². The quantitative estimate of drug-likeness (QED) is 0.382. The lowest BCUT2D eigenvalue weighted by molar-refractivity contribution is -0.116. The molecule has 0 aliphatic heterocycles. The fourth-order valence-corrected chi connectivity index (χ4v) is 5.37. The average molecular weight is 496 g/mol. The zero-order chi connectivity index (χ0) is 24.3. The monoisotopic (exact) mass is 495 g/mol. The van der Waals surface area contributed by atoms with Crippen molar-refractivity contribution >= 4 is 55.5 Å². The Morgan fingerprint density at radius 3 is 2.15 bits per heavy atom. The average Bonchev–Trinajstić information content (AvgIpc) is 3.16. The van der Waals surface area contributed by atoms with Gasteiger partial charge in [0.2, 0.25) is 11.8 Å². The molecule has 3 aromatic carbocycles. The second-order valence-corrected chi connectivity index (χ2v) is 10.2. The highest BCUT2D eigenvalue weighted by molar-refractivity contribution is 7.90. The number of amides is 2. The van der Waals surface area contributed by atoms with E-state index in [-0.39, 0.29) is 29.0 Å². The van der Waals surface area contributed by atoms with Crippen molar-refractivity contribution in [3.8, 4) is 0 Å². The summed E-state index contributed by atoms with van der Waals surface area (Å²) in [5.41, 5.74) is 2.46. The van der Waals surface area contributed by atoms with Crippen molar-refractivity contribution in [2.45, 2.75) is 24.1 Å². The van der Waals surface area contributed by atoms with Crippen LogP contribution >= 0.6 is 11.6 Å². The third kappa shape index (κ3) is 5.47. The summed E-state index contributed by atoms with van der Waals surface area (Å²) < 4.78 is 28.1. The summed E-state index contributed by atoms with van der Waals surface area (Å²) in [5, 5.41) is 6.55. The molecule has 0 bridgehead atoms. The van der Waals surface area contributed by atoms with Crippen molar-refractivity contribution in [1.82, 2.24) is 4.57 Å². The first-order chi connectivity index (χ1) is 16.2. The Bertz CT molecular complexity index is 1460. The molecule has 0 radical (unpaired) electrons. The van der Waals surface area contributed by atoms with Gasteiger partial charge in [-0.05, 0) is 48.0 Å². The molecule has 0 fully saturated rings. The number of aromatic nitrogens is 1. The highest BCUT2D eigenvalue weighted by Crippen LogP contribution is 2.28. The minimum absolute atomic E-state index is 0.0651. The summed E-state index contributed by atoms with van der Waals surface area (Å²) in [7, 11) is -3.67. The number of benzene rings is 3. The molecule has 2 N–H and O–H groups in total. The smallest absolute Gasteiger partial charge is 0.244 e. The number of halogens is 1. The van der Waals surface area contributed by atoms with Crippen molar-refractivity contribution in [3.63, 3.8) is 0 Å². The van der Waals surface area contributed by atoms with E-state index in [1.807, 2.05) is 0 Å². The van der Waals surface area contributed by atoms with Crippen LogP contribution < -0.4 is 10.6 Å². The lowest BCUT2D eigenvalue weighted by atomic mass is 10.2. The van der Waals surface area contributed by atoms with Crippen molar-refractivity contribution in [2.75, 3.05) is 10.6 Å². The van der Waals surface area contributed by atoms with Crippen LogP contribution in [0.15, 0.2) is 83.9 Å². The molecule has 1 heterocycles. The van der Waals surface area contributed by atoms with Crippen molar-refractivity contribution in [3.05, 3.63) is 89.6 Å². The molecular formula is C25H22ClN3O4S. The van der Waals surface area contributed by atoms with E-state index in [0.29, 0.717) is 32.9 Å². The molecule has 0 spiro atoms. The second-order valence-electron chi connectivity index (χ2n) is 7.83. The number of para-hydroxylation sites is 1. The second kappa shape index (κ2) is 9.70. The number of hydrogen-bond donors (Lipinski definition) is 2. The van der Waals surface area contributed by atoms with E-state index in [4.69, 9.17) is 11.6 Å². The fraction of sp³-hybridized carbons (Fsp3) is 0.120. The Balaban J connectivity index is 1.56. The first-order valence-corrected chi connectivity index (χ1v) is 12.5.